The molecule has 0 spiro atoms. The lowest BCUT2D eigenvalue weighted by Crippen LogP contribution is -2.44. The van der Waals surface area contributed by atoms with Crippen LogP contribution in [0.4, 0.5) is 8.78 Å². The maximum atomic E-state index is 14.3. The molecule has 5 rings (SSSR count). The molecular formula is C24H24F2N4O3. The number of rotatable bonds is 7. The van der Waals surface area contributed by atoms with E-state index in [-0.39, 0.29) is 12.3 Å². The second-order valence-electron chi connectivity index (χ2n) is 7.91. The number of aromatic nitrogens is 3. The van der Waals surface area contributed by atoms with Crippen molar-refractivity contribution in [1.82, 2.24) is 19.7 Å². The van der Waals surface area contributed by atoms with Gasteiger partial charge >= 0.3 is 0 Å². The number of alkyl halides is 1. The van der Waals surface area contributed by atoms with Gasteiger partial charge in [0.25, 0.3) is 0 Å². The Labute approximate surface area is 189 Å². The summed E-state index contributed by atoms with van der Waals surface area (Å²) < 4.78 is 47.0. The predicted molar refractivity (Wildman–Crippen MR) is 120 cm³/mol. The zero-order valence-electron chi connectivity index (χ0n) is 18.1. The van der Waals surface area contributed by atoms with Crippen LogP contribution >= 0.6 is 0 Å². The quantitative estimate of drug-likeness (QED) is 0.429. The number of imidazole rings is 1. The van der Waals surface area contributed by atoms with E-state index < -0.39 is 18.1 Å². The molecule has 2 atom stereocenters. The van der Waals surface area contributed by atoms with E-state index in [0.717, 1.165) is 5.69 Å². The fourth-order valence-electron chi connectivity index (χ4n) is 3.98. The molecule has 1 unspecified atom stereocenters. The van der Waals surface area contributed by atoms with E-state index in [4.69, 9.17) is 19.2 Å². The molecule has 3 aromatic heterocycles. The maximum Gasteiger partial charge on any atom is 0.149 e. The van der Waals surface area contributed by atoms with Gasteiger partial charge in [0.05, 0.1) is 24.2 Å². The Bertz CT molecular complexity index is 1280. The molecule has 1 aromatic carbocycles. The normalized spacial score (nSPS) is 18.6. The number of hydrogen-bond donors (Lipinski definition) is 1. The van der Waals surface area contributed by atoms with E-state index in [1.165, 1.54) is 12.1 Å². The van der Waals surface area contributed by atoms with E-state index in [9.17, 15) is 8.78 Å². The summed E-state index contributed by atoms with van der Waals surface area (Å²) in [7, 11) is 1.62. The Morgan fingerprint density at radius 2 is 2.09 bits per heavy atom. The van der Waals surface area contributed by atoms with Crippen LogP contribution in [-0.2, 0) is 4.74 Å². The van der Waals surface area contributed by atoms with E-state index >= 15 is 0 Å². The summed E-state index contributed by atoms with van der Waals surface area (Å²) >= 11 is 0. The van der Waals surface area contributed by atoms with Crippen molar-refractivity contribution in [3.05, 3.63) is 54.6 Å². The Hall–Kier alpha value is -3.30. The van der Waals surface area contributed by atoms with Crippen LogP contribution < -0.4 is 14.8 Å². The van der Waals surface area contributed by atoms with Gasteiger partial charge in [-0.1, -0.05) is 6.07 Å². The van der Waals surface area contributed by atoms with E-state index in [1.807, 2.05) is 22.7 Å². The summed E-state index contributed by atoms with van der Waals surface area (Å²) in [4.78, 5) is 9.21. The lowest BCUT2D eigenvalue weighted by atomic mass is 10.1. The topological polar surface area (TPSA) is 69.9 Å². The third kappa shape index (κ3) is 4.46. The van der Waals surface area contributed by atoms with E-state index in [0.29, 0.717) is 54.2 Å². The molecule has 33 heavy (non-hydrogen) atoms. The molecule has 1 aliphatic heterocycles. The molecule has 1 aliphatic rings. The molecule has 0 amide bonds. The summed E-state index contributed by atoms with van der Waals surface area (Å²) in [5, 5.41) is 3.58. The first-order valence-corrected chi connectivity index (χ1v) is 10.8. The number of nitrogens with one attached hydrogen (secondary N) is 1. The Morgan fingerprint density at radius 3 is 2.94 bits per heavy atom. The van der Waals surface area contributed by atoms with Crippen molar-refractivity contribution in [2.24, 2.45) is 0 Å². The number of benzene rings is 1. The number of ether oxygens (including phenoxy) is 3. The van der Waals surface area contributed by atoms with Gasteiger partial charge in [-0.15, -0.1) is 0 Å². The van der Waals surface area contributed by atoms with Crippen molar-refractivity contribution < 1.29 is 23.0 Å². The first-order valence-electron chi connectivity index (χ1n) is 10.8. The van der Waals surface area contributed by atoms with Crippen LogP contribution in [0.1, 0.15) is 6.42 Å². The largest absolute Gasteiger partial charge is 0.491 e. The maximum absolute atomic E-state index is 14.3. The first-order chi connectivity index (χ1) is 16.1. The minimum Gasteiger partial charge on any atom is -0.491 e. The highest BCUT2D eigenvalue weighted by atomic mass is 19.1. The van der Waals surface area contributed by atoms with E-state index in [2.05, 4.69) is 10.3 Å². The lowest BCUT2D eigenvalue weighted by Gasteiger charge is -2.27. The van der Waals surface area contributed by atoms with Gasteiger partial charge in [0, 0.05) is 37.4 Å². The van der Waals surface area contributed by atoms with Crippen molar-refractivity contribution >= 4 is 16.6 Å². The van der Waals surface area contributed by atoms with Gasteiger partial charge in [0.15, 0.2) is 0 Å². The van der Waals surface area contributed by atoms with Crippen LogP contribution in [0.15, 0.2) is 48.8 Å². The zero-order valence-corrected chi connectivity index (χ0v) is 18.1. The van der Waals surface area contributed by atoms with Gasteiger partial charge < -0.3 is 19.5 Å². The summed E-state index contributed by atoms with van der Waals surface area (Å²) in [6.07, 6.45) is 2.27. The molecule has 9 heteroatoms. The summed E-state index contributed by atoms with van der Waals surface area (Å²) in [6, 6.07) is 9.93. The SMILES string of the molecule is COCCOc1ccn2c(-c3ccc4cc(F)cc(OC5CCNC[C@@H]5F)c4n3)cnc2c1. The Balaban J connectivity index is 1.50. The van der Waals surface area contributed by atoms with Crippen molar-refractivity contribution in [2.45, 2.75) is 18.7 Å². The highest BCUT2D eigenvalue weighted by Crippen LogP contribution is 2.31. The predicted octanol–water partition coefficient (Wildman–Crippen LogP) is 3.79. The van der Waals surface area contributed by atoms with Crippen molar-refractivity contribution in [2.75, 3.05) is 33.4 Å². The molecule has 0 bridgehead atoms. The summed E-state index contributed by atoms with van der Waals surface area (Å²) in [5.74, 6) is 0.480. The minimum absolute atomic E-state index is 0.218. The van der Waals surface area contributed by atoms with Crippen molar-refractivity contribution in [1.29, 1.82) is 0 Å². The Morgan fingerprint density at radius 1 is 1.18 bits per heavy atom. The fraction of sp³-hybridized carbons (Fsp3) is 0.333. The van der Waals surface area contributed by atoms with Gasteiger partial charge in [-0.05, 0) is 31.2 Å². The number of methoxy groups -OCH3 is 1. The molecule has 1 saturated heterocycles. The van der Waals surface area contributed by atoms with Crippen LogP contribution in [0.2, 0.25) is 0 Å². The molecule has 0 radical (unpaired) electrons. The van der Waals surface area contributed by atoms with Crippen LogP contribution in [-0.4, -0.2) is 60.1 Å². The smallest absolute Gasteiger partial charge is 0.149 e. The first kappa shape index (κ1) is 21.5. The van der Waals surface area contributed by atoms with Gasteiger partial charge in [-0.3, -0.25) is 4.40 Å². The van der Waals surface area contributed by atoms with Gasteiger partial charge in [0.1, 0.15) is 47.4 Å². The van der Waals surface area contributed by atoms with Crippen LogP contribution in [0, 0.1) is 5.82 Å². The highest BCUT2D eigenvalue weighted by molar-refractivity contribution is 5.86. The van der Waals surface area contributed by atoms with Crippen molar-refractivity contribution in [3.63, 3.8) is 0 Å². The average molecular weight is 454 g/mol. The molecule has 1 N–H and O–H groups in total. The van der Waals surface area contributed by atoms with Gasteiger partial charge in [-0.2, -0.15) is 0 Å². The Kier molecular flexibility index (Phi) is 6.06. The highest BCUT2D eigenvalue weighted by Gasteiger charge is 2.27. The number of nitrogens with zero attached hydrogens (tertiary/aromatic N) is 3. The van der Waals surface area contributed by atoms with Crippen LogP contribution in [0.25, 0.3) is 27.9 Å². The molecule has 4 heterocycles. The summed E-state index contributed by atoms with van der Waals surface area (Å²) in [6.45, 7) is 1.81. The molecule has 1 fully saturated rings. The third-order valence-electron chi connectivity index (χ3n) is 5.65. The van der Waals surface area contributed by atoms with Crippen molar-refractivity contribution in [3.8, 4) is 22.9 Å². The standard InChI is InChI=1S/C24H24F2N4O3/c1-31-8-9-32-17-5-7-30-20(14-28-23(30)12-17)19-3-2-15-10-16(25)11-22(24(15)29-19)33-21-4-6-27-13-18(21)26/h2-3,5,7,10-12,14,18,21,27H,4,6,8-9,13H2,1H3/t18-,21?/m0/s1. The molecule has 0 aliphatic carbocycles. The molecule has 7 nitrogen and oxygen atoms in total. The van der Waals surface area contributed by atoms with Crippen LogP contribution in [0.5, 0.6) is 11.5 Å². The minimum atomic E-state index is -1.17. The third-order valence-corrected chi connectivity index (χ3v) is 5.65. The number of pyridine rings is 2. The second-order valence-corrected chi connectivity index (χ2v) is 7.91. The molecule has 0 saturated carbocycles. The van der Waals surface area contributed by atoms with Gasteiger partial charge in [-0.25, -0.2) is 18.7 Å². The zero-order chi connectivity index (χ0) is 22.8. The lowest BCUT2D eigenvalue weighted by molar-refractivity contribution is 0.0740. The second kappa shape index (κ2) is 9.29. The van der Waals surface area contributed by atoms with Crippen LogP contribution in [0.3, 0.4) is 0 Å². The average Bonchev–Trinajstić information content (AvgIpc) is 3.24. The number of hydrogen-bond acceptors (Lipinski definition) is 6. The number of piperidine rings is 1. The summed E-state index contributed by atoms with van der Waals surface area (Å²) in [5.41, 5.74) is 2.58. The number of halogens is 2. The molecular weight excluding hydrogens is 430 g/mol. The molecule has 172 valence electrons. The molecule has 4 aromatic rings. The monoisotopic (exact) mass is 454 g/mol. The van der Waals surface area contributed by atoms with E-state index in [1.54, 1.807) is 25.4 Å². The van der Waals surface area contributed by atoms with Gasteiger partial charge in [0.2, 0.25) is 0 Å². The number of fused-ring (bicyclic) bond motifs is 2. The fourth-order valence-corrected chi connectivity index (χ4v) is 3.98.